The third-order valence-electron chi connectivity index (χ3n) is 5.36. The van der Waals surface area contributed by atoms with Gasteiger partial charge in [0.1, 0.15) is 5.82 Å². The molecular weight excluding hydrogens is 340 g/mol. The highest BCUT2D eigenvalue weighted by Gasteiger charge is 2.48. The van der Waals surface area contributed by atoms with Gasteiger partial charge in [-0.1, -0.05) is 6.07 Å². The van der Waals surface area contributed by atoms with E-state index in [-0.39, 0.29) is 0 Å². The van der Waals surface area contributed by atoms with E-state index in [1.807, 2.05) is 6.92 Å². The van der Waals surface area contributed by atoms with Crippen LogP contribution in [0.4, 0.5) is 22.4 Å². The zero-order chi connectivity index (χ0) is 18.5. The van der Waals surface area contributed by atoms with Crippen LogP contribution in [0, 0.1) is 5.82 Å². The van der Waals surface area contributed by atoms with E-state index in [1.54, 1.807) is 0 Å². The number of likely N-dealkylation sites (tertiary alicyclic amines) is 1. The fourth-order valence-corrected chi connectivity index (χ4v) is 3.63. The molecular formula is C17H20F4N2O2. The molecule has 2 aliphatic rings. The lowest BCUT2D eigenvalue weighted by Crippen LogP contribution is -2.52. The van der Waals surface area contributed by atoms with E-state index in [4.69, 9.17) is 0 Å². The SMILES string of the molecule is CC1(CNC2(c3ccc(F)c(C(F)(F)F)c3)CC2)CCCN1C(=O)O. The summed E-state index contributed by atoms with van der Waals surface area (Å²) in [7, 11) is 0. The molecule has 1 aliphatic heterocycles. The largest absolute Gasteiger partial charge is 0.465 e. The molecule has 8 heteroatoms. The molecule has 138 valence electrons. The number of hydrogen-bond donors (Lipinski definition) is 2. The Bertz CT molecular complexity index is 688. The highest BCUT2D eigenvalue weighted by molar-refractivity contribution is 5.66. The predicted molar refractivity (Wildman–Crippen MR) is 82.7 cm³/mol. The number of nitrogens with zero attached hydrogens (tertiary/aromatic N) is 1. The van der Waals surface area contributed by atoms with Crippen LogP contribution in [0.2, 0.25) is 0 Å². The van der Waals surface area contributed by atoms with Crippen LogP contribution in [-0.4, -0.2) is 34.7 Å². The van der Waals surface area contributed by atoms with Gasteiger partial charge < -0.3 is 15.3 Å². The summed E-state index contributed by atoms with van der Waals surface area (Å²) in [5.74, 6) is -1.29. The van der Waals surface area contributed by atoms with Crippen molar-refractivity contribution >= 4 is 6.09 Å². The Morgan fingerprint density at radius 2 is 2.00 bits per heavy atom. The molecule has 3 rings (SSSR count). The molecule has 1 aromatic rings. The van der Waals surface area contributed by atoms with Crippen molar-refractivity contribution in [3.8, 4) is 0 Å². The van der Waals surface area contributed by atoms with Gasteiger partial charge in [-0.2, -0.15) is 13.2 Å². The lowest BCUT2D eigenvalue weighted by molar-refractivity contribution is -0.140. The highest BCUT2D eigenvalue weighted by Crippen LogP contribution is 2.47. The van der Waals surface area contributed by atoms with Gasteiger partial charge >= 0.3 is 12.3 Å². The second-order valence-corrected chi connectivity index (χ2v) is 7.16. The van der Waals surface area contributed by atoms with Gasteiger partial charge in [0.25, 0.3) is 0 Å². The van der Waals surface area contributed by atoms with Crippen molar-refractivity contribution in [1.29, 1.82) is 0 Å². The van der Waals surface area contributed by atoms with Crippen molar-refractivity contribution in [2.24, 2.45) is 0 Å². The van der Waals surface area contributed by atoms with Crippen molar-refractivity contribution in [1.82, 2.24) is 10.2 Å². The van der Waals surface area contributed by atoms with Crippen LogP contribution >= 0.6 is 0 Å². The van der Waals surface area contributed by atoms with Crippen LogP contribution in [0.3, 0.4) is 0 Å². The maximum absolute atomic E-state index is 13.5. The summed E-state index contributed by atoms with van der Waals surface area (Å²) in [5, 5.41) is 12.6. The van der Waals surface area contributed by atoms with Crippen LogP contribution in [0.5, 0.6) is 0 Å². The van der Waals surface area contributed by atoms with E-state index in [9.17, 15) is 27.5 Å². The summed E-state index contributed by atoms with van der Waals surface area (Å²) in [6.07, 6.45) is -3.01. The molecule has 2 fully saturated rings. The quantitative estimate of drug-likeness (QED) is 0.800. The number of alkyl halides is 3. The normalized spacial score (nSPS) is 25.2. The van der Waals surface area contributed by atoms with Gasteiger partial charge in [0.15, 0.2) is 0 Å². The summed E-state index contributed by atoms with van der Waals surface area (Å²) in [6.45, 7) is 2.64. The number of carboxylic acid groups (broad SMARTS) is 1. The second-order valence-electron chi connectivity index (χ2n) is 7.16. The Labute approximate surface area is 142 Å². The summed E-state index contributed by atoms with van der Waals surface area (Å²) < 4.78 is 52.3. The van der Waals surface area contributed by atoms with Gasteiger partial charge in [-0.15, -0.1) is 0 Å². The highest BCUT2D eigenvalue weighted by atomic mass is 19.4. The van der Waals surface area contributed by atoms with Crippen LogP contribution in [0.25, 0.3) is 0 Å². The molecule has 0 aromatic heterocycles. The number of halogens is 4. The van der Waals surface area contributed by atoms with Crippen molar-refractivity contribution in [2.75, 3.05) is 13.1 Å². The Balaban J connectivity index is 1.79. The smallest absolute Gasteiger partial charge is 0.419 e. The van der Waals surface area contributed by atoms with Gasteiger partial charge in [-0.3, -0.25) is 0 Å². The number of benzene rings is 1. The molecule has 1 aromatic carbocycles. The molecule has 0 bridgehead atoms. The Hall–Kier alpha value is -1.83. The molecule has 4 nitrogen and oxygen atoms in total. The molecule has 2 N–H and O–H groups in total. The summed E-state index contributed by atoms with van der Waals surface area (Å²) >= 11 is 0. The average molecular weight is 360 g/mol. The summed E-state index contributed by atoms with van der Waals surface area (Å²) in [5.41, 5.74) is -2.10. The first kappa shape index (κ1) is 18.0. The number of nitrogens with one attached hydrogen (secondary N) is 1. The Morgan fingerprint density at radius 3 is 2.56 bits per heavy atom. The maximum Gasteiger partial charge on any atom is 0.419 e. The summed E-state index contributed by atoms with van der Waals surface area (Å²) in [6, 6.07) is 3.08. The van der Waals surface area contributed by atoms with Gasteiger partial charge in [-0.05, 0) is 50.3 Å². The fraction of sp³-hybridized carbons (Fsp3) is 0.588. The van der Waals surface area contributed by atoms with Crippen LogP contribution in [-0.2, 0) is 11.7 Å². The van der Waals surface area contributed by atoms with Crippen molar-refractivity contribution in [3.63, 3.8) is 0 Å². The van der Waals surface area contributed by atoms with E-state index >= 15 is 0 Å². The zero-order valence-electron chi connectivity index (χ0n) is 13.8. The maximum atomic E-state index is 13.5. The minimum atomic E-state index is -4.74. The number of rotatable bonds is 4. The third-order valence-corrected chi connectivity index (χ3v) is 5.36. The minimum absolute atomic E-state index is 0.345. The average Bonchev–Trinajstić information content (AvgIpc) is 3.20. The van der Waals surface area contributed by atoms with Gasteiger partial charge in [0.05, 0.1) is 11.1 Å². The molecule has 25 heavy (non-hydrogen) atoms. The van der Waals surface area contributed by atoms with Gasteiger partial charge in [0, 0.05) is 18.6 Å². The van der Waals surface area contributed by atoms with Gasteiger partial charge in [-0.25, -0.2) is 9.18 Å². The predicted octanol–water partition coefficient (Wildman–Crippen LogP) is 3.96. The summed E-state index contributed by atoms with van der Waals surface area (Å²) in [4.78, 5) is 12.7. The third kappa shape index (κ3) is 3.31. The molecule has 0 spiro atoms. The zero-order valence-corrected chi connectivity index (χ0v) is 13.8. The van der Waals surface area contributed by atoms with E-state index in [1.165, 1.54) is 11.0 Å². The van der Waals surface area contributed by atoms with E-state index < -0.39 is 34.7 Å². The van der Waals surface area contributed by atoms with Crippen LogP contribution in [0.15, 0.2) is 18.2 Å². The molecule has 1 aliphatic carbocycles. The van der Waals surface area contributed by atoms with E-state index in [0.717, 1.165) is 18.6 Å². The lowest BCUT2D eigenvalue weighted by Gasteiger charge is -2.35. The molecule has 0 radical (unpaired) electrons. The molecule has 1 saturated heterocycles. The number of amides is 1. The molecule has 1 amide bonds. The number of carbonyl (C=O) groups is 1. The first-order valence-electron chi connectivity index (χ1n) is 8.20. The Morgan fingerprint density at radius 1 is 1.32 bits per heavy atom. The van der Waals surface area contributed by atoms with Crippen LogP contribution in [0.1, 0.15) is 43.7 Å². The minimum Gasteiger partial charge on any atom is -0.465 e. The molecule has 1 unspecified atom stereocenters. The van der Waals surface area contributed by atoms with Gasteiger partial charge in [0.2, 0.25) is 0 Å². The first-order valence-corrected chi connectivity index (χ1v) is 8.20. The fourth-order valence-electron chi connectivity index (χ4n) is 3.63. The topological polar surface area (TPSA) is 52.6 Å². The van der Waals surface area contributed by atoms with Crippen molar-refractivity contribution < 1.29 is 27.5 Å². The second kappa shape index (κ2) is 5.86. The molecule has 1 atom stereocenters. The van der Waals surface area contributed by atoms with E-state index in [0.29, 0.717) is 37.9 Å². The van der Waals surface area contributed by atoms with Crippen LogP contribution < -0.4 is 5.32 Å². The lowest BCUT2D eigenvalue weighted by atomic mass is 9.96. The van der Waals surface area contributed by atoms with Crippen molar-refractivity contribution in [2.45, 2.75) is 49.9 Å². The Kier molecular flexibility index (Phi) is 4.21. The number of hydrogen-bond acceptors (Lipinski definition) is 2. The first-order chi connectivity index (χ1) is 11.6. The molecule has 1 saturated carbocycles. The molecule has 1 heterocycles. The van der Waals surface area contributed by atoms with Crippen molar-refractivity contribution in [3.05, 3.63) is 35.1 Å². The van der Waals surface area contributed by atoms with E-state index in [2.05, 4.69) is 5.32 Å². The standard InChI is InChI=1S/C17H20F4N2O2/c1-15(5-2-8-23(15)14(24)25)10-22-16(6-7-16)11-3-4-13(18)12(9-11)17(19,20)21/h3-4,9,22H,2,5-8,10H2,1H3,(H,24,25). The monoisotopic (exact) mass is 360 g/mol.